The highest BCUT2D eigenvalue weighted by molar-refractivity contribution is 7.18. The number of thiophene rings is 1. The van der Waals surface area contributed by atoms with Crippen LogP contribution in [-0.2, 0) is 12.6 Å². The molecule has 8 heteroatoms. The fourth-order valence-electron chi connectivity index (χ4n) is 2.25. The Bertz CT molecular complexity index is 926. The van der Waals surface area contributed by atoms with Gasteiger partial charge in [0.05, 0.1) is 10.9 Å². The van der Waals surface area contributed by atoms with Crippen molar-refractivity contribution >= 4 is 21.6 Å². The Morgan fingerprint density at radius 3 is 2.61 bits per heavy atom. The van der Waals surface area contributed by atoms with Crippen molar-refractivity contribution in [2.24, 2.45) is 0 Å². The van der Waals surface area contributed by atoms with Crippen molar-refractivity contribution in [2.75, 3.05) is 0 Å². The van der Waals surface area contributed by atoms with E-state index in [1.165, 1.54) is 17.4 Å². The molecule has 120 valence electrons. The van der Waals surface area contributed by atoms with Gasteiger partial charge in [-0.2, -0.15) is 13.2 Å². The Hall–Kier alpha value is -2.22. The fraction of sp³-hybridized carbons (Fsp3) is 0.267. The van der Waals surface area contributed by atoms with Gasteiger partial charge in [-0.05, 0) is 31.5 Å². The molecule has 0 aliphatic carbocycles. The zero-order chi connectivity index (χ0) is 16.8. The highest BCUT2D eigenvalue weighted by Gasteiger charge is 2.30. The molecule has 23 heavy (non-hydrogen) atoms. The van der Waals surface area contributed by atoms with E-state index in [0.29, 0.717) is 21.7 Å². The van der Waals surface area contributed by atoms with Gasteiger partial charge in [-0.3, -0.25) is 9.78 Å². The summed E-state index contributed by atoms with van der Waals surface area (Å²) >= 11 is 1.42. The molecule has 0 saturated heterocycles. The van der Waals surface area contributed by atoms with Crippen LogP contribution in [0.15, 0.2) is 23.1 Å². The Labute approximate surface area is 133 Å². The summed E-state index contributed by atoms with van der Waals surface area (Å²) in [6, 6.07) is 2.26. The summed E-state index contributed by atoms with van der Waals surface area (Å²) < 4.78 is 37.5. The number of alkyl halides is 3. The zero-order valence-electron chi connectivity index (χ0n) is 12.3. The van der Waals surface area contributed by atoms with Crippen LogP contribution in [0.3, 0.4) is 0 Å². The SMILES string of the molecule is Cc1sc2nc(Cc3ccc(C(F)(F)F)cn3)[nH]c(=O)c2c1C. The van der Waals surface area contributed by atoms with E-state index in [4.69, 9.17) is 0 Å². The summed E-state index contributed by atoms with van der Waals surface area (Å²) in [7, 11) is 0. The van der Waals surface area contributed by atoms with Gasteiger partial charge < -0.3 is 4.98 Å². The van der Waals surface area contributed by atoms with Gasteiger partial charge >= 0.3 is 6.18 Å². The van der Waals surface area contributed by atoms with Gasteiger partial charge in [-0.1, -0.05) is 0 Å². The number of nitrogens with zero attached hydrogens (tertiary/aromatic N) is 2. The lowest BCUT2D eigenvalue weighted by Crippen LogP contribution is -2.12. The topological polar surface area (TPSA) is 58.6 Å². The molecule has 0 radical (unpaired) electrons. The summed E-state index contributed by atoms with van der Waals surface area (Å²) in [6.07, 6.45) is -3.46. The van der Waals surface area contributed by atoms with E-state index in [-0.39, 0.29) is 12.0 Å². The standard InChI is InChI=1S/C15H12F3N3OS/c1-7-8(2)23-14-12(7)13(22)20-11(21-14)5-10-4-3-9(6-19-10)15(16,17)18/h3-4,6H,5H2,1-2H3,(H,20,21,22). The molecular weight excluding hydrogens is 327 g/mol. The first kappa shape index (κ1) is 15.7. The second-order valence-corrected chi connectivity index (χ2v) is 6.39. The first-order valence-electron chi connectivity index (χ1n) is 6.76. The average Bonchev–Trinajstić information content (AvgIpc) is 2.74. The van der Waals surface area contributed by atoms with Gasteiger partial charge in [-0.25, -0.2) is 4.98 Å². The summed E-state index contributed by atoms with van der Waals surface area (Å²) in [6.45, 7) is 3.78. The first-order valence-corrected chi connectivity index (χ1v) is 7.58. The molecule has 3 rings (SSSR count). The Kier molecular flexibility index (Phi) is 3.71. The van der Waals surface area contributed by atoms with Crippen molar-refractivity contribution in [1.82, 2.24) is 15.0 Å². The van der Waals surface area contributed by atoms with E-state index in [1.54, 1.807) is 0 Å². The average molecular weight is 339 g/mol. The minimum atomic E-state index is -4.41. The highest BCUT2D eigenvalue weighted by atomic mass is 32.1. The summed E-state index contributed by atoms with van der Waals surface area (Å²) in [5.74, 6) is 0.385. The highest BCUT2D eigenvalue weighted by Crippen LogP contribution is 2.29. The molecule has 0 amide bonds. The second-order valence-electron chi connectivity index (χ2n) is 5.19. The molecule has 0 aliphatic heterocycles. The normalized spacial score (nSPS) is 12.0. The van der Waals surface area contributed by atoms with Gasteiger partial charge in [0.1, 0.15) is 10.7 Å². The van der Waals surface area contributed by atoms with Crippen LogP contribution < -0.4 is 5.56 Å². The maximum Gasteiger partial charge on any atom is 0.417 e. The molecule has 3 aromatic rings. The van der Waals surface area contributed by atoms with Crippen LogP contribution >= 0.6 is 11.3 Å². The third kappa shape index (κ3) is 2.98. The molecule has 0 spiro atoms. The van der Waals surface area contributed by atoms with Crippen molar-refractivity contribution in [2.45, 2.75) is 26.4 Å². The van der Waals surface area contributed by atoms with Crippen molar-refractivity contribution in [3.05, 3.63) is 56.2 Å². The molecule has 0 atom stereocenters. The quantitative estimate of drug-likeness (QED) is 0.776. The lowest BCUT2D eigenvalue weighted by atomic mass is 10.2. The van der Waals surface area contributed by atoms with Gasteiger partial charge in [0, 0.05) is 23.2 Å². The summed E-state index contributed by atoms with van der Waals surface area (Å²) in [4.78, 5) is 24.7. The van der Waals surface area contributed by atoms with Crippen molar-refractivity contribution in [1.29, 1.82) is 0 Å². The number of hydrogen-bond donors (Lipinski definition) is 1. The Morgan fingerprint density at radius 1 is 1.26 bits per heavy atom. The van der Waals surface area contributed by atoms with Crippen molar-refractivity contribution < 1.29 is 13.2 Å². The van der Waals surface area contributed by atoms with Gasteiger partial charge in [0.15, 0.2) is 0 Å². The first-order chi connectivity index (χ1) is 10.8. The van der Waals surface area contributed by atoms with Crippen molar-refractivity contribution in [3.63, 3.8) is 0 Å². The van der Waals surface area contributed by atoms with Crippen LogP contribution in [0.4, 0.5) is 13.2 Å². The molecule has 0 aliphatic rings. The van der Waals surface area contributed by atoms with E-state index in [2.05, 4.69) is 15.0 Å². The number of halogens is 3. The third-order valence-electron chi connectivity index (χ3n) is 3.59. The van der Waals surface area contributed by atoms with E-state index in [9.17, 15) is 18.0 Å². The van der Waals surface area contributed by atoms with E-state index in [0.717, 1.165) is 22.7 Å². The second kappa shape index (κ2) is 5.45. The smallest absolute Gasteiger partial charge is 0.310 e. The van der Waals surface area contributed by atoms with Crippen molar-refractivity contribution in [3.8, 4) is 0 Å². The maximum absolute atomic E-state index is 12.5. The largest absolute Gasteiger partial charge is 0.417 e. The Balaban J connectivity index is 1.94. The van der Waals surface area contributed by atoms with Crippen LogP contribution in [0.5, 0.6) is 0 Å². The van der Waals surface area contributed by atoms with Gasteiger partial charge in [-0.15, -0.1) is 11.3 Å². The van der Waals surface area contributed by atoms with E-state index in [1.807, 2.05) is 13.8 Å². The molecule has 0 aromatic carbocycles. The van der Waals surface area contributed by atoms with Gasteiger partial charge in [0.25, 0.3) is 5.56 Å². The van der Waals surface area contributed by atoms with Gasteiger partial charge in [0.2, 0.25) is 0 Å². The van der Waals surface area contributed by atoms with Crippen LogP contribution in [0.2, 0.25) is 0 Å². The molecule has 0 saturated carbocycles. The van der Waals surface area contributed by atoms with Crippen LogP contribution in [0, 0.1) is 13.8 Å². The minimum Gasteiger partial charge on any atom is -0.310 e. The monoisotopic (exact) mass is 339 g/mol. The zero-order valence-corrected chi connectivity index (χ0v) is 13.1. The fourth-order valence-corrected chi connectivity index (χ4v) is 3.30. The predicted molar refractivity (Wildman–Crippen MR) is 81.8 cm³/mol. The number of H-pyrrole nitrogens is 1. The molecule has 1 N–H and O–H groups in total. The summed E-state index contributed by atoms with van der Waals surface area (Å²) in [5.41, 5.74) is 0.268. The number of nitrogens with one attached hydrogen (secondary N) is 1. The van der Waals surface area contributed by atoms with Crippen LogP contribution in [-0.4, -0.2) is 15.0 Å². The molecule has 0 unspecified atom stereocenters. The number of hydrogen-bond acceptors (Lipinski definition) is 4. The molecule has 3 aromatic heterocycles. The molecular formula is C15H12F3N3OS. The molecule has 4 nitrogen and oxygen atoms in total. The molecule has 3 heterocycles. The van der Waals surface area contributed by atoms with Crippen LogP contribution in [0.25, 0.3) is 10.2 Å². The number of pyridine rings is 1. The lowest BCUT2D eigenvalue weighted by Gasteiger charge is -2.06. The number of aryl methyl sites for hydroxylation is 2. The molecule has 0 fully saturated rings. The third-order valence-corrected chi connectivity index (χ3v) is 4.69. The lowest BCUT2D eigenvalue weighted by molar-refractivity contribution is -0.137. The Morgan fingerprint density at radius 2 is 2.00 bits per heavy atom. The van der Waals surface area contributed by atoms with E-state index < -0.39 is 11.7 Å². The maximum atomic E-state index is 12.5. The molecule has 0 bridgehead atoms. The van der Waals surface area contributed by atoms with Crippen LogP contribution in [0.1, 0.15) is 27.5 Å². The number of aromatic nitrogens is 3. The predicted octanol–water partition coefficient (Wildman–Crippen LogP) is 3.61. The number of rotatable bonds is 2. The minimum absolute atomic E-state index is 0.166. The number of fused-ring (bicyclic) bond motifs is 1. The number of aromatic amines is 1. The van der Waals surface area contributed by atoms with E-state index >= 15 is 0 Å². The summed E-state index contributed by atoms with van der Waals surface area (Å²) in [5, 5.41) is 0.566.